The molecule has 2 aromatic rings. The number of methoxy groups -OCH3 is 1. The molecule has 1 N–H and O–H groups in total. The smallest absolute Gasteiger partial charge is 0.243 e. The van der Waals surface area contributed by atoms with Gasteiger partial charge in [0.15, 0.2) is 0 Å². The Balaban J connectivity index is 1.37. The molecule has 1 unspecified atom stereocenters. The Morgan fingerprint density at radius 1 is 1.03 bits per heavy atom. The van der Waals surface area contributed by atoms with E-state index in [-0.39, 0.29) is 35.0 Å². The molecular weight excluding hydrogens is 520 g/mol. The van der Waals surface area contributed by atoms with Gasteiger partial charge in [0.05, 0.1) is 23.6 Å². The molecule has 0 aromatic heterocycles. The van der Waals surface area contributed by atoms with Gasteiger partial charge in [-0.1, -0.05) is 32.0 Å². The van der Waals surface area contributed by atoms with Crippen molar-refractivity contribution in [1.29, 1.82) is 0 Å². The van der Waals surface area contributed by atoms with Crippen molar-refractivity contribution >= 4 is 39.1 Å². The largest absolute Gasteiger partial charge is 0.495 e. The maximum absolute atomic E-state index is 13.2. The third-order valence-corrected chi connectivity index (χ3v) is 9.54. The van der Waals surface area contributed by atoms with Gasteiger partial charge in [0.1, 0.15) is 5.75 Å². The summed E-state index contributed by atoms with van der Waals surface area (Å²) in [4.78, 5) is 42.3. The lowest BCUT2D eigenvalue weighted by molar-refractivity contribution is -0.138. The zero-order chi connectivity index (χ0) is 28.2. The highest BCUT2D eigenvalue weighted by Crippen LogP contribution is 2.31. The summed E-state index contributed by atoms with van der Waals surface area (Å²) in [6.07, 6.45) is 1.13. The zero-order valence-electron chi connectivity index (χ0n) is 22.6. The summed E-state index contributed by atoms with van der Waals surface area (Å²) in [6.45, 7) is 5.41. The number of rotatable bonds is 9. The molecule has 10 nitrogen and oxygen atoms in total. The summed E-state index contributed by atoms with van der Waals surface area (Å²) in [7, 11) is -2.25. The molecule has 0 bridgehead atoms. The van der Waals surface area contributed by atoms with Gasteiger partial charge in [-0.15, -0.1) is 0 Å². The number of nitrogens with one attached hydrogen (secondary N) is 1. The van der Waals surface area contributed by atoms with E-state index in [9.17, 15) is 22.8 Å². The summed E-state index contributed by atoms with van der Waals surface area (Å²) >= 11 is 0. The van der Waals surface area contributed by atoms with Gasteiger partial charge in [0.25, 0.3) is 0 Å². The first-order chi connectivity index (χ1) is 18.7. The van der Waals surface area contributed by atoms with Gasteiger partial charge >= 0.3 is 0 Å². The van der Waals surface area contributed by atoms with Crippen LogP contribution in [0, 0.1) is 11.8 Å². The van der Waals surface area contributed by atoms with E-state index in [1.54, 1.807) is 23.6 Å². The number of sulfonamides is 1. The van der Waals surface area contributed by atoms with Gasteiger partial charge in [0, 0.05) is 50.7 Å². The quantitative estimate of drug-likeness (QED) is 0.508. The number of likely N-dealkylation sites (tertiary alicyclic amines) is 1. The van der Waals surface area contributed by atoms with E-state index in [1.807, 2.05) is 30.3 Å². The van der Waals surface area contributed by atoms with E-state index in [2.05, 4.69) is 5.32 Å². The van der Waals surface area contributed by atoms with Crippen molar-refractivity contribution in [2.75, 3.05) is 50.1 Å². The normalized spacial score (nSPS) is 18.5. The number of carbonyl (C=O) groups excluding carboxylic acids is 3. The number of para-hydroxylation sites is 1. The molecule has 0 radical (unpaired) electrons. The van der Waals surface area contributed by atoms with Gasteiger partial charge in [0.2, 0.25) is 27.7 Å². The van der Waals surface area contributed by atoms with Crippen LogP contribution in [0.4, 0.5) is 11.4 Å². The van der Waals surface area contributed by atoms with Crippen molar-refractivity contribution in [3.8, 4) is 5.75 Å². The number of hydrogen-bond donors (Lipinski definition) is 1. The molecule has 11 heteroatoms. The van der Waals surface area contributed by atoms with Crippen LogP contribution < -0.4 is 15.0 Å². The Labute approximate surface area is 230 Å². The minimum atomic E-state index is -3.71. The number of amides is 3. The summed E-state index contributed by atoms with van der Waals surface area (Å²) in [6, 6.07) is 13.8. The highest BCUT2D eigenvalue weighted by atomic mass is 32.2. The molecule has 2 aromatic carbocycles. The summed E-state index contributed by atoms with van der Waals surface area (Å²) in [5.74, 6) is -0.743. The molecule has 1 atom stereocenters. The number of piperidine rings is 1. The van der Waals surface area contributed by atoms with Crippen LogP contribution in [0.25, 0.3) is 0 Å². The zero-order valence-corrected chi connectivity index (χ0v) is 23.4. The number of nitrogens with zero attached hydrogens (tertiary/aromatic N) is 3. The summed E-state index contributed by atoms with van der Waals surface area (Å²) < 4.78 is 32.7. The highest BCUT2D eigenvalue weighted by Gasteiger charge is 2.38. The van der Waals surface area contributed by atoms with Crippen molar-refractivity contribution < 1.29 is 27.5 Å². The van der Waals surface area contributed by atoms with Gasteiger partial charge in [-0.25, -0.2) is 8.42 Å². The topological polar surface area (TPSA) is 116 Å². The Hall–Kier alpha value is -3.44. The number of ether oxygens (including phenoxy) is 1. The van der Waals surface area contributed by atoms with Crippen LogP contribution in [0.2, 0.25) is 0 Å². The van der Waals surface area contributed by atoms with Crippen LogP contribution in [0.1, 0.15) is 33.1 Å². The van der Waals surface area contributed by atoms with Crippen LogP contribution in [0.3, 0.4) is 0 Å². The minimum absolute atomic E-state index is 0.0587. The van der Waals surface area contributed by atoms with E-state index >= 15 is 0 Å². The molecule has 2 heterocycles. The third kappa shape index (κ3) is 6.09. The third-order valence-electron chi connectivity index (χ3n) is 7.49. The van der Waals surface area contributed by atoms with E-state index in [0.29, 0.717) is 57.0 Å². The lowest BCUT2D eigenvalue weighted by atomic mass is 9.94. The average molecular weight is 557 g/mol. The average Bonchev–Trinajstić information content (AvgIpc) is 3.35. The van der Waals surface area contributed by atoms with Gasteiger partial charge in [-0.2, -0.15) is 4.31 Å². The Kier molecular flexibility index (Phi) is 8.91. The van der Waals surface area contributed by atoms with Crippen LogP contribution in [0.15, 0.2) is 53.4 Å². The maximum atomic E-state index is 13.2. The minimum Gasteiger partial charge on any atom is -0.495 e. The molecule has 0 spiro atoms. The number of hydrogen-bond acceptors (Lipinski definition) is 6. The van der Waals surface area contributed by atoms with Gasteiger partial charge in [-0.3, -0.25) is 14.4 Å². The lowest BCUT2D eigenvalue weighted by Gasteiger charge is -2.33. The Morgan fingerprint density at radius 2 is 1.69 bits per heavy atom. The van der Waals surface area contributed by atoms with E-state index in [0.717, 1.165) is 5.69 Å². The molecule has 3 amide bonds. The second-order valence-corrected chi connectivity index (χ2v) is 11.7. The molecule has 2 aliphatic rings. The Bertz CT molecular complexity index is 1300. The van der Waals surface area contributed by atoms with Crippen LogP contribution >= 0.6 is 0 Å². The first-order valence-corrected chi connectivity index (χ1v) is 14.8. The molecule has 2 saturated heterocycles. The van der Waals surface area contributed by atoms with E-state index in [1.165, 1.54) is 29.6 Å². The number of carbonyl (C=O) groups is 3. The summed E-state index contributed by atoms with van der Waals surface area (Å²) in [5.41, 5.74) is 1.08. The molecule has 0 aliphatic carbocycles. The number of anilines is 2. The van der Waals surface area contributed by atoms with Crippen molar-refractivity contribution in [3.63, 3.8) is 0 Å². The van der Waals surface area contributed by atoms with E-state index < -0.39 is 15.9 Å². The fourth-order valence-electron chi connectivity index (χ4n) is 5.24. The fourth-order valence-corrected chi connectivity index (χ4v) is 6.73. The maximum Gasteiger partial charge on any atom is 0.243 e. The highest BCUT2D eigenvalue weighted by molar-refractivity contribution is 7.89. The molecular formula is C28H36N4O6S. The van der Waals surface area contributed by atoms with Gasteiger partial charge < -0.3 is 19.9 Å². The molecule has 2 fully saturated rings. The first-order valence-electron chi connectivity index (χ1n) is 13.3. The monoisotopic (exact) mass is 556 g/mol. The fraction of sp³-hybridized carbons (Fsp3) is 0.464. The SMILES string of the molecule is CCN(CC)S(=O)(=O)c1ccc(OC)c(NC(=O)C2CCN(C(=O)C3CC(=O)N(c4ccccc4)C3)CC2)c1. The van der Waals surface area contributed by atoms with Crippen LogP contribution in [0.5, 0.6) is 5.75 Å². The molecule has 4 rings (SSSR count). The first kappa shape index (κ1) is 28.6. The second kappa shape index (κ2) is 12.2. The van der Waals surface area contributed by atoms with Crippen molar-refractivity contribution in [2.24, 2.45) is 11.8 Å². The lowest BCUT2D eigenvalue weighted by Crippen LogP contribution is -2.44. The predicted molar refractivity (Wildman–Crippen MR) is 148 cm³/mol. The van der Waals surface area contributed by atoms with Crippen molar-refractivity contribution in [2.45, 2.75) is 38.0 Å². The molecule has 0 saturated carbocycles. The molecule has 39 heavy (non-hydrogen) atoms. The van der Waals surface area contributed by atoms with Gasteiger partial charge in [-0.05, 0) is 43.2 Å². The number of benzene rings is 2. The van der Waals surface area contributed by atoms with Crippen molar-refractivity contribution in [3.05, 3.63) is 48.5 Å². The Morgan fingerprint density at radius 3 is 2.31 bits per heavy atom. The molecule has 2 aliphatic heterocycles. The standard InChI is InChI=1S/C28H36N4O6S/c1-4-31(5-2)39(36,37)23-11-12-25(38-3)24(18-23)29-27(34)20-13-15-30(16-14-20)28(35)21-17-26(33)32(19-21)22-9-7-6-8-10-22/h6-12,18,20-21H,4-5,13-17,19H2,1-3H3,(H,29,34). The predicted octanol–water partition coefficient (Wildman–Crippen LogP) is 2.96. The molecule has 210 valence electrons. The van der Waals surface area contributed by atoms with Crippen LogP contribution in [-0.2, 0) is 24.4 Å². The van der Waals surface area contributed by atoms with E-state index in [4.69, 9.17) is 4.74 Å². The van der Waals surface area contributed by atoms with Crippen LogP contribution in [-0.4, -0.2) is 75.2 Å². The second-order valence-electron chi connectivity index (χ2n) is 9.78. The summed E-state index contributed by atoms with van der Waals surface area (Å²) in [5, 5.41) is 2.85. The van der Waals surface area contributed by atoms with Crippen molar-refractivity contribution in [1.82, 2.24) is 9.21 Å².